The molecule has 0 saturated carbocycles. The summed E-state index contributed by atoms with van der Waals surface area (Å²) in [5, 5.41) is 9.94. The SMILES string of the molecule is CCOC(=O)/C=C/CCCC[N+](=O)[O-]. The molecule has 0 bridgehead atoms. The van der Waals surface area contributed by atoms with E-state index in [2.05, 4.69) is 4.74 Å². The molecule has 0 amide bonds. The number of carbonyl (C=O) groups excluding carboxylic acids is 1. The summed E-state index contributed by atoms with van der Waals surface area (Å²) in [7, 11) is 0. The van der Waals surface area contributed by atoms with E-state index in [1.165, 1.54) is 6.08 Å². The normalized spacial score (nSPS) is 10.4. The highest BCUT2D eigenvalue weighted by atomic mass is 16.6. The van der Waals surface area contributed by atoms with Gasteiger partial charge in [0.1, 0.15) is 0 Å². The number of hydrogen-bond donors (Lipinski definition) is 0. The second kappa shape index (κ2) is 8.22. The third kappa shape index (κ3) is 8.70. The van der Waals surface area contributed by atoms with Gasteiger partial charge < -0.3 is 4.74 Å². The second-order valence-electron chi connectivity index (χ2n) is 2.71. The summed E-state index contributed by atoms with van der Waals surface area (Å²) >= 11 is 0. The Morgan fingerprint density at radius 3 is 2.79 bits per heavy atom. The van der Waals surface area contributed by atoms with Crippen molar-refractivity contribution in [1.82, 2.24) is 0 Å². The van der Waals surface area contributed by atoms with Gasteiger partial charge in [0.2, 0.25) is 6.54 Å². The number of esters is 1. The van der Waals surface area contributed by atoms with Crippen molar-refractivity contribution in [3.05, 3.63) is 22.3 Å². The summed E-state index contributed by atoms with van der Waals surface area (Å²) in [5.41, 5.74) is 0. The first-order valence-electron chi connectivity index (χ1n) is 4.62. The van der Waals surface area contributed by atoms with Crippen molar-refractivity contribution in [3.63, 3.8) is 0 Å². The lowest BCUT2D eigenvalue weighted by Crippen LogP contribution is -2.00. The Bertz CT molecular complexity index is 213. The van der Waals surface area contributed by atoms with E-state index in [1.54, 1.807) is 13.0 Å². The van der Waals surface area contributed by atoms with E-state index < -0.39 is 0 Å². The van der Waals surface area contributed by atoms with Gasteiger partial charge in [-0.15, -0.1) is 0 Å². The summed E-state index contributed by atoms with van der Waals surface area (Å²) in [6.45, 7) is 2.10. The van der Waals surface area contributed by atoms with Gasteiger partial charge in [-0.2, -0.15) is 0 Å². The van der Waals surface area contributed by atoms with Crippen LogP contribution in [0.4, 0.5) is 0 Å². The Morgan fingerprint density at radius 2 is 2.21 bits per heavy atom. The molecule has 80 valence electrons. The fourth-order valence-corrected chi connectivity index (χ4v) is 0.873. The summed E-state index contributed by atoms with van der Waals surface area (Å²) < 4.78 is 4.65. The number of hydrogen-bond acceptors (Lipinski definition) is 4. The molecule has 5 nitrogen and oxygen atoms in total. The zero-order chi connectivity index (χ0) is 10.8. The Morgan fingerprint density at radius 1 is 1.50 bits per heavy atom. The van der Waals surface area contributed by atoms with Crippen LogP contribution >= 0.6 is 0 Å². The predicted molar refractivity (Wildman–Crippen MR) is 51.5 cm³/mol. The minimum Gasteiger partial charge on any atom is -0.463 e. The van der Waals surface area contributed by atoms with Crippen LogP contribution in [0.1, 0.15) is 26.2 Å². The molecule has 0 heterocycles. The van der Waals surface area contributed by atoms with Crippen LogP contribution in [0, 0.1) is 10.1 Å². The smallest absolute Gasteiger partial charge is 0.330 e. The molecule has 0 aromatic carbocycles. The van der Waals surface area contributed by atoms with Crippen LogP contribution in [-0.2, 0) is 9.53 Å². The van der Waals surface area contributed by atoms with Crippen molar-refractivity contribution in [1.29, 1.82) is 0 Å². The Hall–Kier alpha value is -1.39. The minimum atomic E-state index is -0.359. The zero-order valence-electron chi connectivity index (χ0n) is 8.27. The van der Waals surface area contributed by atoms with Gasteiger partial charge in [-0.3, -0.25) is 10.1 Å². The van der Waals surface area contributed by atoms with Gasteiger partial charge in [-0.1, -0.05) is 6.08 Å². The number of ether oxygens (including phenoxy) is 1. The van der Waals surface area contributed by atoms with E-state index in [1.807, 2.05) is 0 Å². The van der Waals surface area contributed by atoms with E-state index in [-0.39, 0.29) is 17.4 Å². The highest BCUT2D eigenvalue weighted by molar-refractivity contribution is 5.81. The summed E-state index contributed by atoms with van der Waals surface area (Å²) in [4.78, 5) is 20.4. The van der Waals surface area contributed by atoms with Gasteiger partial charge in [0, 0.05) is 17.4 Å². The molecule has 5 heteroatoms. The van der Waals surface area contributed by atoms with Crippen molar-refractivity contribution >= 4 is 5.97 Å². The first-order valence-corrected chi connectivity index (χ1v) is 4.62. The van der Waals surface area contributed by atoms with Crippen molar-refractivity contribution in [2.75, 3.05) is 13.2 Å². The lowest BCUT2D eigenvalue weighted by atomic mass is 10.2. The zero-order valence-corrected chi connectivity index (χ0v) is 8.27. The van der Waals surface area contributed by atoms with E-state index in [9.17, 15) is 14.9 Å². The average molecular weight is 201 g/mol. The van der Waals surface area contributed by atoms with Gasteiger partial charge in [-0.05, 0) is 19.8 Å². The third-order valence-electron chi connectivity index (χ3n) is 1.50. The summed E-state index contributed by atoms with van der Waals surface area (Å²) in [5.74, 6) is -0.359. The van der Waals surface area contributed by atoms with Crippen molar-refractivity contribution < 1.29 is 14.5 Å². The average Bonchev–Trinajstić information content (AvgIpc) is 2.11. The summed E-state index contributed by atoms with van der Waals surface area (Å²) in [6, 6.07) is 0. The molecule has 0 aliphatic carbocycles. The molecule has 0 radical (unpaired) electrons. The minimum absolute atomic E-state index is 0.00670. The highest BCUT2D eigenvalue weighted by Gasteiger charge is 1.95. The van der Waals surface area contributed by atoms with E-state index in [4.69, 9.17) is 0 Å². The summed E-state index contributed by atoms with van der Waals surface area (Å²) in [6.07, 6.45) is 4.97. The number of unbranched alkanes of at least 4 members (excludes halogenated alkanes) is 2. The quantitative estimate of drug-likeness (QED) is 0.206. The number of nitrogens with zero attached hydrogens (tertiary/aromatic N) is 1. The van der Waals surface area contributed by atoms with Gasteiger partial charge in [-0.25, -0.2) is 4.79 Å². The predicted octanol–water partition coefficient (Wildman–Crippen LogP) is 1.55. The molecule has 0 saturated heterocycles. The lowest BCUT2D eigenvalue weighted by Gasteiger charge is -1.94. The third-order valence-corrected chi connectivity index (χ3v) is 1.50. The van der Waals surface area contributed by atoms with Crippen LogP contribution in [0.25, 0.3) is 0 Å². The Labute approximate surface area is 82.9 Å². The molecular formula is C9H15NO4. The van der Waals surface area contributed by atoms with Crippen LogP contribution in [0.5, 0.6) is 0 Å². The van der Waals surface area contributed by atoms with Gasteiger partial charge in [0.15, 0.2) is 0 Å². The maximum atomic E-state index is 10.8. The molecular weight excluding hydrogens is 186 g/mol. The van der Waals surface area contributed by atoms with E-state index in [0.717, 1.165) is 6.42 Å². The number of rotatable bonds is 7. The fourth-order valence-electron chi connectivity index (χ4n) is 0.873. The van der Waals surface area contributed by atoms with Crippen LogP contribution in [0.3, 0.4) is 0 Å². The largest absolute Gasteiger partial charge is 0.463 e. The van der Waals surface area contributed by atoms with Gasteiger partial charge in [0.25, 0.3) is 0 Å². The molecule has 0 spiro atoms. The molecule has 0 aliphatic heterocycles. The Balaban J connectivity index is 3.35. The molecule has 0 aliphatic rings. The number of allylic oxidation sites excluding steroid dienone is 1. The molecule has 0 aromatic heterocycles. The van der Waals surface area contributed by atoms with Crippen LogP contribution < -0.4 is 0 Å². The number of carbonyl (C=O) groups is 1. The lowest BCUT2D eigenvalue weighted by molar-refractivity contribution is -0.480. The van der Waals surface area contributed by atoms with Crippen molar-refractivity contribution in [2.45, 2.75) is 26.2 Å². The van der Waals surface area contributed by atoms with E-state index >= 15 is 0 Å². The monoisotopic (exact) mass is 201 g/mol. The first-order chi connectivity index (χ1) is 6.66. The second-order valence-corrected chi connectivity index (χ2v) is 2.71. The topological polar surface area (TPSA) is 69.4 Å². The standard InChI is InChI=1S/C9H15NO4/c1-2-14-9(11)7-5-3-4-6-8-10(12)13/h5,7H,2-4,6,8H2,1H3/b7-5+. The molecule has 0 rings (SSSR count). The molecule has 0 aromatic rings. The van der Waals surface area contributed by atoms with Gasteiger partial charge in [0.05, 0.1) is 6.61 Å². The molecule has 0 atom stereocenters. The maximum absolute atomic E-state index is 10.8. The molecule has 0 unspecified atom stereocenters. The molecule has 14 heavy (non-hydrogen) atoms. The van der Waals surface area contributed by atoms with Crippen LogP contribution in [0.2, 0.25) is 0 Å². The fraction of sp³-hybridized carbons (Fsp3) is 0.667. The Kier molecular flexibility index (Phi) is 7.40. The van der Waals surface area contributed by atoms with Crippen LogP contribution in [-0.4, -0.2) is 24.0 Å². The maximum Gasteiger partial charge on any atom is 0.330 e. The molecule has 0 fully saturated rings. The van der Waals surface area contributed by atoms with Crippen molar-refractivity contribution in [2.24, 2.45) is 0 Å². The molecule has 0 N–H and O–H groups in total. The highest BCUT2D eigenvalue weighted by Crippen LogP contribution is 1.97. The van der Waals surface area contributed by atoms with Crippen LogP contribution in [0.15, 0.2) is 12.2 Å². The first kappa shape index (κ1) is 12.6. The van der Waals surface area contributed by atoms with Crippen molar-refractivity contribution in [3.8, 4) is 0 Å². The number of nitro groups is 1. The van der Waals surface area contributed by atoms with E-state index in [0.29, 0.717) is 19.4 Å². The van der Waals surface area contributed by atoms with Gasteiger partial charge >= 0.3 is 5.97 Å².